The molecule has 2 aromatic carbocycles. The molecular formula is C16H12Cl3NO. The lowest BCUT2D eigenvalue weighted by atomic mass is 10.0. The van der Waals surface area contributed by atoms with Crippen molar-refractivity contribution in [3.05, 3.63) is 48.0 Å². The topological polar surface area (TPSA) is 21.6 Å². The third kappa shape index (κ3) is 3.03. The highest BCUT2D eigenvalue weighted by Gasteiger charge is 2.31. The summed E-state index contributed by atoms with van der Waals surface area (Å²) in [7, 11) is 1.65. The molecule has 21 heavy (non-hydrogen) atoms. The first-order valence-electron chi connectivity index (χ1n) is 6.39. The number of aliphatic imine (C=N–C) groups is 1. The van der Waals surface area contributed by atoms with Gasteiger partial charge in [0.1, 0.15) is 5.75 Å². The van der Waals surface area contributed by atoms with Gasteiger partial charge < -0.3 is 4.74 Å². The summed E-state index contributed by atoms with van der Waals surface area (Å²) in [5.41, 5.74) is 4.68. The number of benzene rings is 2. The van der Waals surface area contributed by atoms with Crippen LogP contribution in [0.2, 0.25) is 0 Å². The molecular weight excluding hydrogens is 329 g/mol. The maximum absolute atomic E-state index is 5.91. The van der Waals surface area contributed by atoms with E-state index < -0.39 is 3.79 Å². The molecule has 0 saturated heterocycles. The van der Waals surface area contributed by atoms with E-state index in [1.807, 2.05) is 36.4 Å². The van der Waals surface area contributed by atoms with E-state index in [0.29, 0.717) is 12.1 Å². The van der Waals surface area contributed by atoms with Crippen molar-refractivity contribution in [2.45, 2.75) is 10.2 Å². The number of methoxy groups -OCH3 is 1. The molecule has 0 spiro atoms. The number of hydrogen-bond acceptors (Lipinski definition) is 2. The fourth-order valence-corrected chi connectivity index (χ4v) is 2.64. The van der Waals surface area contributed by atoms with Gasteiger partial charge in [0, 0.05) is 6.42 Å². The summed E-state index contributed by atoms with van der Waals surface area (Å²) in [6.07, 6.45) is 0.578. The molecule has 0 radical (unpaired) electrons. The molecule has 1 aliphatic heterocycles. The third-order valence-corrected chi connectivity index (χ3v) is 4.10. The second kappa shape index (κ2) is 5.53. The molecule has 0 aliphatic carbocycles. The summed E-state index contributed by atoms with van der Waals surface area (Å²) < 4.78 is 3.72. The average Bonchev–Trinajstić information content (AvgIpc) is 2.90. The Labute approximate surface area is 138 Å². The maximum Gasteiger partial charge on any atom is 0.229 e. The molecule has 0 unspecified atom stereocenters. The van der Waals surface area contributed by atoms with Crippen LogP contribution in [0.15, 0.2) is 47.5 Å². The molecule has 1 heterocycles. The number of halogens is 3. The molecule has 1 aliphatic rings. The van der Waals surface area contributed by atoms with Gasteiger partial charge in [-0.1, -0.05) is 59.1 Å². The molecule has 0 saturated carbocycles. The quantitative estimate of drug-likeness (QED) is 0.674. The highest BCUT2D eigenvalue weighted by atomic mass is 35.6. The van der Waals surface area contributed by atoms with E-state index in [1.165, 1.54) is 0 Å². The largest absolute Gasteiger partial charge is 0.497 e. The molecule has 2 nitrogen and oxygen atoms in total. The molecule has 108 valence electrons. The van der Waals surface area contributed by atoms with Crippen LogP contribution in [0.5, 0.6) is 5.75 Å². The maximum atomic E-state index is 5.91. The zero-order valence-electron chi connectivity index (χ0n) is 11.2. The summed E-state index contributed by atoms with van der Waals surface area (Å²) in [6, 6.07) is 14.0. The number of alkyl halides is 3. The standard InChI is InChI=1S/C16H12Cl3NO/c1-21-13-6-4-10(5-7-13)11-2-3-12-9-15(16(17,18)19)20-14(12)8-11/h2-8H,9H2,1H3. The number of fused-ring (bicyclic) bond motifs is 1. The lowest BCUT2D eigenvalue weighted by molar-refractivity contribution is 0.415. The molecule has 0 amide bonds. The van der Waals surface area contributed by atoms with Crippen LogP contribution in [0.4, 0.5) is 5.69 Å². The Kier molecular flexibility index (Phi) is 3.87. The third-order valence-electron chi connectivity index (χ3n) is 3.45. The Hall–Kier alpha value is -1.22. The number of nitrogens with zero attached hydrogens (tertiary/aromatic N) is 1. The van der Waals surface area contributed by atoms with Crippen molar-refractivity contribution < 1.29 is 4.74 Å². The summed E-state index contributed by atoms with van der Waals surface area (Å²) >= 11 is 17.7. The first-order chi connectivity index (χ1) is 9.97. The average molecular weight is 341 g/mol. The van der Waals surface area contributed by atoms with Crippen LogP contribution in [0.25, 0.3) is 11.1 Å². The Morgan fingerprint density at radius 3 is 2.29 bits per heavy atom. The van der Waals surface area contributed by atoms with E-state index in [2.05, 4.69) is 11.1 Å². The SMILES string of the molecule is COc1ccc(-c2ccc3c(c2)N=C(C(Cl)(Cl)Cl)C3)cc1. The van der Waals surface area contributed by atoms with Crippen LogP contribution in [0.3, 0.4) is 0 Å². The molecule has 0 aromatic heterocycles. The van der Waals surface area contributed by atoms with Crippen LogP contribution in [0.1, 0.15) is 5.56 Å². The van der Waals surface area contributed by atoms with Crippen LogP contribution in [-0.4, -0.2) is 16.6 Å². The van der Waals surface area contributed by atoms with Gasteiger partial charge in [0.15, 0.2) is 0 Å². The van der Waals surface area contributed by atoms with E-state index in [-0.39, 0.29) is 0 Å². The van der Waals surface area contributed by atoms with Gasteiger partial charge in [-0.25, -0.2) is 0 Å². The minimum absolute atomic E-state index is 0.564. The number of ether oxygens (including phenoxy) is 1. The summed E-state index contributed by atoms with van der Waals surface area (Å²) in [5, 5.41) is 0. The van der Waals surface area contributed by atoms with Gasteiger partial charge in [0.25, 0.3) is 0 Å². The van der Waals surface area contributed by atoms with Crippen molar-refractivity contribution in [1.29, 1.82) is 0 Å². The van der Waals surface area contributed by atoms with Crippen LogP contribution < -0.4 is 4.74 Å². The summed E-state index contributed by atoms with van der Waals surface area (Å²) in [4.78, 5) is 4.44. The van der Waals surface area contributed by atoms with Crippen molar-refractivity contribution in [2.75, 3.05) is 7.11 Å². The monoisotopic (exact) mass is 339 g/mol. The molecule has 0 fully saturated rings. The van der Waals surface area contributed by atoms with Gasteiger partial charge in [-0.2, -0.15) is 0 Å². The normalized spacial score (nSPS) is 13.8. The Balaban J connectivity index is 1.95. The fourth-order valence-electron chi connectivity index (χ4n) is 2.31. The predicted octanol–water partition coefficient (Wildman–Crippen LogP) is 5.36. The predicted molar refractivity (Wildman–Crippen MR) is 89.5 cm³/mol. The first-order valence-corrected chi connectivity index (χ1v) is 7.53. The highest BCUT2D eigenvalue weighted by Crippen LogP contribution is 2.39. The van der Waals surface area contributed by atoms with Crippen molar-refractivity contribution in [1.82, 2.24) is 0 Å². The lowest BCUT2D eigenvalue weighted by Crippen LogP contribution is -2.18. The van der Waals surface area contributed by atoms with E-state index in [4.69, 9.17) is 39.5 Å². The van der Waals surface area contributed by atoms with Crippen molar-refractivity contribution >= 4 is 46.2 Å². The zero-order valence-corrected chi connectivity index (χ0v) is 13.5. The molecule has 0 atom stereocenters. The van der Waals surface area contributed by atoms with E-state index in [0.717, 1.165) is 28.1 Å². The summed E-state index contributed by atoms with van der Waals surface area (Å²) in [5.74, 6) is 0.830. The second-order valence-electron chi connectivity index (χ2n) is 4.81. The molecule has 2 aromatic rings. The smallest absolute Gasteiger partial charge is 0.229 e. The van der Waals surface area contributed by atoms with Crippen LogP contribution in [0, 0.1) is 0 Å². The Morgan fingerprint density at radius 2 is 1.67 bits per heavy atom. The highest BCUT2D eigenvalue weighted by molar-refractivity contribution is 6.77. The molecule has 0 bridgehead atoms. The minimum Gasteiger partial charge on any atom is -0.497 e. The van der Waals surface area contributed by atoms with Crippen molar-refractivity contribution in [3.63, 3.8) is 0 Å². The Morgan fingerprint density at radius 1 is 1.00 bits per heavy atom. The Bertz CT molecular complexity index is 702. The summed E-state index contributed by atoms with van der Waals surface area (Å²) in [6.45, 7) is 0. The number of hydrogen-bond donors (Lipinski definition) is 0. The fraction of sp³-hybridized carbons (Fsp3) is 0.188. The second-order valence-corrected chi connectivity index (χ2v) is 7.09. The lowest BCUT2D eigenvalue weighted by Gasteiger charge is -2.09. The van der Waals surface area contributed by atoms with Gasteiger partial charge in [0.05, 0.1) is 18.5 Å². The number of rotatable bonds is 2. The zero-order chi connectivity index (χ0) is 15.0. The van der Waals surface area contributed by atoms with E-state index in [9.17, 15) is 0 Å². The van der Waals surface area contributed by atoms with E-state index in [1.54, 1.807) is 7.11 Å². The molecule has 3 rings (SSSR count). The first kappa shape index (κ1) is 14.7. The molecule has 0 N–H and O–H groups in total. The van der Waals surface area contributed by atoms with Gasteiger partial charge in [0.2, 0.25) is 3.79 Å². The van der Waals surface area contributed by atoms with Gasteiger partial charge in [-0.05, 0) is 34.9 Å². The van der Waals surface area contributed by atoms with Gasteiger partial charge in [-0.15, -0.1) is 0 Å². The van der Waals surface area contributed by atoms with Crippen LogP contribution in [-0.2, 0) is 6.42 Å². The molecule has 5 heteroatoms. The van der Waals surface area contributed by atoms with Crippen molar-refractivity contribution in [2.24, 2.45) is 4.99 Å². The van der Waals surface area contributed by atoms with E-state index >= 15 is 0 Å². The minimum atomic E-state index is -1.45. The van der Waals surface area contributed by atoms with Gasteiger partial charge >= 0.3 is 0 Å². The van der Waals surface area contributed by atoms with Gasteiger partial charge in [-0.3, -0.25) is 4.99 Å². The van der Waals surface area contributed by atoms with Crippen LogP contribution >= 0.6 is 34.8 Å². The van der Waals surface area contributed by atoms with Crippen molar-refractivity contribution in [3.8, 4) is 16.9 Å².